The molecule has 0 amide bonds. The molecule has 2 heteroatoms. The lowest BCUT2D eigenvalue weighted by Crippen LogP contribution is -2.59. The summed E-state index contributed by atoms with van der Waals surface area (Å²) in [6.07, 6.45) is 10.5. The topological polar surface area (TPSA) is 26.3 Å². The summed E-state index contributed by atoms with van der Waals surface area (Å²) in [6.45, 7) is 7.80. The molecule has 8 atom stereocenters. The smallest absolute Gasteiger partial charge is 0.312 e. The van der Waals surface area contributed by atoms with Gasteiger partial charge in [0.15, 0.2) is 0 Å². The molecule has 0 aliphatic heterocycles. The van der Waals surface area contributed by atoms with Crippen LogP contribution in [0.15, 0.2) is 30.3 Å². The molecule has 0 aromatic heterocycles. The van der Waals surface area contributed by atoms with Crippen molar-refractivity contribution in [3.8, 4) is 0 Å². The first-order chi connectivity index (χ1) is 13.8. The zero-order valence-corrected chi connectivity index (χ0v) is 18.4. The standard InChI is InChI=1S/C27H36O2/c1-24-11-7-12-25(2,23(28)29-16-18-8-5-4-6-9-18)21(24)10-13-27-15-20-19(14-22(24)27)26(20,3)17-27/h4-6,8-9,19-22H,7,10-17H2,1-3H3. The summed E-state index contributed by atoms with van der Waals surface area (Å²) < 4.78 is 5.94. The normalized spacial score (nSPS) is 51.7. The molecule has 0 N–H and O–H groups in total. The SMILES string of the molecule is CC1(C(=O)OCc2ccccc2)CCCC2(C)C3CC4C5CC3(CCC12)CC45C. The average Bonchev–Trinajstić information content (AvgIpc) is 3.16. The number of ether oxygens (including phenoxy) is 1. The van der Waals surface area contributed by atoms with Crippen LogP contribution in [0.3, 0.4) is 0 Å². The Morgan fingerprint density at radius 1 is 1.00 bits per heavy atom. The third-order valence-corrected chi connectivity index (χ3v) is 11.0. The molecular weight excluding hydrogens is 356 g/mol. The minimum absolute atomic E-state index is 0.0618. The fraction of sp³-hybridized carbons (Fsp3) is 0.741. The molecule has 0 saturated heterocycles. The summed E-state index contributed by atoms with van der Waals surface area (Å²) in [5.41, 5.74) is 2.40. The summed E-state index contributed by atoms with van der Waals surface area (Å²) in [4.78, 5) is 13.4. The van der Waals surface area contributed by atoms with Gasteiger partial charge in [0.25, 0.3) is 0 Å². The molecule has 0 radical (unpaired) electrons. The highest BCUT2D eigenvalue weighted by Gasteiger charge is 2.78. The largest absolute Gasteiger partial charge is 0.460 e. The van der Waals surface area contributed by atoms with Crippen LogP contribution in [0, 0.1) is 45.3 Å². The molecule has 8 unspecified atom stereocenters. The molecule has 1 aromatic rings. The van der Waals surface area contributed by atoms with E-state index >= 15 is 0 Å². The Kier molecular flexibility index (Phi) is 3.62. The quantitative estimate of drug-likeness (QED) is 0.557. The first kappa shape index (κ1) is 18.5. The number of benzene rings is 1. The molecule has 29 heavy (non-hydrogen) atoms. The Morgan fingerprint density at radius 2 is 1.79 bits per heavy atom. The third-order valence-electron chi connectivity index (χ3n) is 11.0. The molecule has 1 spiro atoms. The predicted octanol–water partition coefficient (Wildman–Crippen LogP) is 6.39. The number of rotatable bonds is 3. The van der Waals surface area contributed by atoms with E-state index in [2.05, 4.69) is 20.8 Å². The Hall–Kier alpha value is -1.31. The van der Waals surface area contributed by atoms with Crippen molar-refractivity contribution in [2.45, 2.75) is 78.7 Å². The Labute approximate surface area is 175 Å². The highest BCUT2D eigenvalue weighted by Crippen LogP contribution is 2.85. The fourth-order valence-corrected chi connectivity index (χ4v) is 9.75. The maximum atomic E-state index is 13.4. The molecule has 1 aromatic carbocycles. The summed E-state index contributed by atoms with van der Waals surface area (Å²) in [6, 6.07) is 10.1. The van der Waals surface area contributed by atoms with E-state index in [1.165, 1.54) is 44.9 Å². The second kappa shape index (κ2) is 5.68. The van der Waals surface area contributed by atoms with E-state index in [9.17, 15) is 4.79 Å². The highest BCUT2D eigenvalue weighted by atomic mass is 16.5. The van der Waals surface area contributed by atoms with Crippen molar-refractivity contribution in [1.29, 1.82) is 0 Å². The first-order valence-corrected chi connectivity index (χ1v) is 12.0. The van der Waals surface area contributed by atoms with Gasteiger partial charge in [-0.25, -0.2) is 0 Å². The van der Waals surface area contributed by atoms with Crippen LogP contribution in [0.25, 0.3) is 0 Å². The van der Waals surface area contributed by atoms with E-state index in [1.807, 2.05) is 30.3 Å². The number of esters is 1. The van der Waals surface area contributed by atoms with Crippen LogP contribution in [-0.4, -0.2) is 5.97 Å². The number of hydrogen-bond donors (Lipinski definition) is 0. The van der Waals surface area contributed by atoms with Gasteiger partial charge in [-0.15, -0.1) is 0 Å². The lowest BCUT2D eigenvalue weighted by molar-refractivity contribution is -0.192. The number of carbonyl (C=O) groups is 1. The van der Waals surface area contributed by atoms with Crippen LogP contribution >= 0.6 is 0 Å². The zero-order chi connectivity index (χ0) is 20.1. The van der Waals surface area contributed by atoms with Crippen molar-refractivity contribution in [3.05, 3.63) is 35.9 Å². The molecular formula is C27H36O2. The molecule has 6 fully saturated rings. The van der Waals surface area contributed by atoms with Crippen molar-refractivity contribution < 1.29 is 9.53 Å². The van der Waals surface area contributed by atoms with E-state index < -0.39 is 0 Å². The zero-order valence-electron chi connectivity index (χ0n) is 18.4. The van der Waals surface area contributed by atoms with Crippen molar-refractivity contribution in [3.63, 3.8) is 0 Å². The van der Waals surface area contributed by atoms with Crippen LogP contribution < -0.4 is 0 Å². The van der Waals surface area contributed by atoms with Crippen LogP contribution in [0.2, 0.25) is 0 Å². The predicted molar refractivity (Wildman–Crippen MR) is 114 cm³/mol. The summed E-state index contributed by atoms with van der Waals surface area (Å²) in [5, 5.41) is 0. The van der Waals surface area contributed by atoms with Crippen LogP contribution in [0.5, 0.6) is 0 Å². The maximum absolute atomic E-state index is 13.4. The van der Waals surface area contributed by atoms with Gasteiger partial charge in [-0.2, -0.15) is 0 Å². The van der Waals surface area contributed by atoms with Gasteiger partial charge in [-0.3, -0.25) is 4.79 Å². The van der Waals surface area contributed by atoms with E-state index in [4.69, 9.17) is 4.74 Å². The highest BCUT2D eigenvalue weighted by molar-refractivity contribution is 5.77. The van der Waals surface area contributed by atoms with Gasteiger partial charge in [-0.05, 0) is 97.3 Å². The summed E-state index contributed by atoms with van der Waals surface area (Å²) >= 11 is 0. The molecule has 6 aliphatic carbocycles. The summed E-state index contributed by atoms with van der Waals surface area (Å²) in [7, 11) is 0. The van der Waals surface area contributed by atoms with Crippen LogP contribution in [0.4, 0.5) is 0 Å². The van der Waals surface area contributed by atoms with Gasteiger partial charge in [0.2, 0.25) is 0 Å². The van der Waals surface area contributed by atoms with Gasteiger partial charge in [0.1, 0.15) is 6.61 Å². The third kappa shape index (κ3) is 2.27. The van der Waals surface area contributed by atoms with Crippen LogP contribution in [-0.2, 0) is 16.1 Å². The Bertz CT molecular complexity index is 847. The number of hydrogen-bond acceptors (Lipinski definition) is 2. The molecule has 7 rings (SSSR count). The molecule has 2 nitrogen and oxygen atoms in total. The van der Waals surface area contributed by atoms with Crippen molar-refractivity contribution in [1.82, 2.24) is 0 Å². The average molecular weight is 393 g/mol. The second-order valence-electron chi connectivity index (χ2n) is 12.2. The maximum Gasteiger partial charge on any atom is 0.312 e. The number of carbonyl (C=O) groups excluding carboxylic acids is 1. The van der Waals surface area contributed by atoms with Gasteiger partial charge >= 0.3 is 5.97 Å². The molecule has 4 bridgehead atoms. The van der Waals surface area contributed by atoms with Gasteiger partial charge < -0.3 is 4.74 Å². The number of fused-ring (bicyclic) bond motifs is 1. The van der Waals surface area contributed by atoms with E-state index in [-0.39, 0.29) is 11.4 Å². The van der Waals surface area contributed by atoms with Crippen molar-refractivity contribution in [2.24, 2.45) is 45.3 Å². The molecule has 0 heterocycles. The van der Waals surface area contributed by atoms with E-state index in [1.54, 1.807) is 0 Å². The first-order valence-electron chi connectivity index (χ1n) is 12.0. The Balaban J connectivity index is 1.26. The molecule has 6 saturated carbocycles. The minimum atomic E-state index is -0.309. The van der Waals surface area contributed by atoms with Crippen molar-refractivity contribution in [2.75, 3.05) is 0 Å². The van der Waals surface area contributed by atoms with Gasteiger partial charge in [0.05, 0.1) is 5.41 Å². The minimum Gasteiger partial charge on any atom is -0.460 e. The molecule has 6 aliphatic rings. The Morgan fingerprint density at radius 3 is 2.52 bits per heavy atom. The molecule has 156 valence electrons. The van der Waals surface area contributed by atoms with Crippen LogP contribution in [0.1, 0.15) is 77.7 Å². The second-order valence-corrected chi connectivity index (χ2v) is 12.2. The lowest BCUT2D eigenvalue weighted by atomic mass is 9.39. The van der Waals surface area contributed by atoms with E-state index in [0.29, 0.717) is 28.8 Å². The van der Waals surface area contributed by atoms with Gasteiger partial charge in [0, 0.05) is 0 Å². The van der Waals surface area contributed by atoms with Crippen molar-refractivity contribution >= 4 is 5.97 Å². The van der Waals surface area contributed by atoms with Gasteiger partial charge in [-0.1, -0.05) is 50.6 Å². The van der Waals surface area contributed by atoms with E-state index in [0.717, 1.165) is 29.7 Å². The monoisotopic (exact) mass is 392 g/mol. The lowest BCUT2D eigenvalue weighted by Gasteiger charge is -2.65. The fourth-order valence-electron chi connectivity index (χ4n) is 9.75. The summed E-state index contributed by atoms with van der Waals surface area (Å²) in [5.74, 6) is 3.41.